The Hall–Kier alpha value is -2.87. The molecule has 5 heteroatoms. The lowest BCUT2D eigenvalue weighted by Gasteiger charge is -2.11. The summed E-state index contributed by atoms with van der Waals surface area (Å²) in [5.74, 6) is -0.879. The maximum absolute atomic E-state index is 14.1. The Morgan fingerprint density at radius 2 is 1.95 bits per heavy atom. The molecule has 3 nitrogen and oxygen atoms in total. The molecule has 0 aliphatic rings. The highest BCUT2D eigenvalue weighted by Gasteiger charge is 2.14. The van der Waals surface area contributed by atoms with E-state index in [1.54, 1.807) is 19.2 Å². The topological polar surface area (TPSA) is 48.8 Å². The van der Waals surface area contributed by atoms with E-state index in [9.17, 15) is 8.78 Å². The zero-order valence-electron chi connectivity index (χ0n) is 11.1. The van der Waals surface area contributed by atoms with E-state index in [1.165, 1.54) is 18.2 Å². The minimum atomic E-state index is -0.636. The first-order chi connectivity index (χ1) is 10.1. The van der Waals surface area contributed by atoms with E-state index in [-0.39, 0.29) is 17.1 Å². The molecule has 1 heterocycles. The molecule has 3 rings (SSSR count). The molecule has 1 N–H and O–H groups in total. The first kappa shape index (κ1) is 13.1. The summed E-state index contributed by atoms with van der Waals surface area (Å²) in [7, 11) is 0. The number of nitrogens with one attached hydrogen (secondary N) is 1. The molecule has 0 atom stereocenters. The maximum Gasteiger partial charge on any atom is 0.168 e. The quantitative estimate of drug-likeness (QED) is 0.757. The highest BCUT2D eigenvalue weighted by atomic mass is 19.1. The van der Waals surface area contributed by atoms with Crippen LogP contribution in [0.4, 0.5) is 8.78 Å². The first-order valence-electron chi connectivity index (χ1n) is 6.24. The van der Waals surface area contributed by atoms with Gasteiger partial charge in [-0.15, -0.1) is 0 Å². The molecular weight excluding hydrogens is 274 g/mol. The number of aromatic amines is 1. The van der Waals surface area contributed by atoms with Gasteiger partial charge in [0.05, 0.1) is 5.56 Å². The van der Waals surface area contributed by atoms with Crippen molar-refractivity contribution in [1.29, 1.82) is 5.26 Å². The molecule has 0 fully saturated rings. The molecule has 0 spiro atoms. The van der Waals surface area contributed by atoms with E-state index in [2.05, 4.69) is 4.98 Å². The Morgan fingerprint density at radius 1 is 1.14 bits per heavy atom. The average Bonchev–Trinajstić information content (AvgIpc) is 2.93. The molecule has 2 aromatic carbocycles. The van der Waals surface area contributed by atoms with Crippen molar-refractivity contribution in [1.82, 2.24) is 4.98 Å². The molecule has 0 amide bonds. The number of ether oxygens (including phenoxy) is 1. The van der Waals surface area contributed by atoms with Crippen LogP contribution in [0.5, 0.6) is 11.5 Å². The van der Waals surface area contributed by atoms with E-state index in [4.69, 9.17) is 10.00 Å². The number of fused-ring (bicyclic) bond motifs is 1. The second-order valence-electron chi connectivity index (χ2n) is 4.61. The van der Waals surface area contributed by atoms with Crippen LogP contribution in [0, 0.1) is 29.9 Å². The molecule has 0 bridgehead atoms. The minimum absolute atomic E-state index is 0.0672. The van der Waals surface area contributed by atoms with Gasteiger partial charge in [-0.3, -0.25) is 0 Å². The Kier molecular flexibility index (Phi) is 3.07. The van der Waals surface area contributed by atoms with Crippen molar-refractivity contribution in [2.75, 3.05) is 0 Å². The summed E-state index contributed by atoms with van der Waals surface area (Å²) in [6.07, 6.45) is 1.71. The summed E-state index contributed by atoms with van der Waals surface area (Å²) in [5, 5.41) is 9.65. The zero-order valence-corrected chi connectivity index (χ0v) is 11.1. The number of aromatic nitrogens is 1. The SMILES string of the molecule is Cc1c(Oc2ccc(F)c(C#N)c2)c(F)cc2[nH]ccc12. The molecule has 0 radical (unpaired) electrons. The van der Waals surface area contributed by atoms with E-state index >= 15 is 0 Å². The molecule has 0 saturated heterocycles. The van der Waals surface area contributed by atoms with Crippen LogP contribution in [0.2, 0.25) is 0 Å². The zero-order chi connectivity index (χ0) is 15.0. The normalized spacial score (nSPS) is 10.6. The van der Waals surface area contributed by atoms with E-state index in [1.807, 2.05) is 6.07 Å². The molecule has 0 unspecified atom stereocenters. The van der Waals surface area contributed by atoms with Crippen molar-refractivity contribution in [3.8, 4) is 17.6 Å². The van der Waals surface area contributed by atoms with E-state index in [0.29, 0.717) is 11.1 Å². The lowest BCUT2D eigenvalue weighted by molar-refractivity contribution is 0.438. The average molecular weight is 284 g/mol. The van der Waals surface area contributed by atoms with E-state index < -0.39 is 11.6 Å². The van der Waals surface area contributed by atoms with Gasteiger partial charge in [0, 0.05) is 34.8 Å². The van der Waals surface area contributed by atoms with Gasteiger partial charge >= 0.3 is 0 Å². The van der Waals surface area contributed by atoms with Gasteiger partial charge in [-0.25, -0.2) is 8.78 Å². The fourth-order valence-electron chi connectivity index (χ4n) is 2.22. The number of hydrogen-bond acceptors (Lipinski definition) is 2. The molecule has 104 valence electrons. The third kappa shape index (κ3) is 2.21. The van der Waals surface area contributed by atoms with Crippen LogP contribution < -0.4 is 4.74 Å². The van der Waals surface area contributed by atoms with Crippen molar-refractivity contribution in [2.45, 2.75) is 6.92 Å². The molecule has 0 aliphatic carbocycles. The third-order valence-electron chi connectivity index (χ3n) is 3.29. The highest BCUT2D eigenvalue weighted by molar-refractivity contribution is 5.85. The van der Waals surface area contributed by atoms with Crippen LogP contribution in [-0.2, 0) is 0 Å². The lowest BCUT2D eigenvalue weighted by Crippen LogP contribution is -1.94. The van der Waals surface area contributed by atoms with Crippen LogP contribution >= 0.6 is 0 Å². The van der Waals surface area contributed by atoms with Gasteiger partial charge in [-0.2, -0.15) is 5.26 Å². The summed E-state index contributed by atoms with van der Waals surface area (Å²) in [4.78, 5) is 2.93. The van der Waals surface area contributed by atoms with Crippen LogP contribution in [0.15, 0.2) is 36.5 Å². The Labute approximate surface area is 119 Å². The van der Waals surface area contributed by atoms with Crippen molar-refractivity contribution in [3.63, 3.8) is 0 Å². The van der Waals surface area contributed by atoms with Gasteiger partial charge in [0.2, 0.25) is 0 Å². The summed E-state index contributed by atoms with van der Waals surface area (Å²) in [5.41, 5.74) is 1.16. The monoisotopic (exact) mass is 284 g/mol. The summed E-state index contributed by atoms with van der Waals surface area (Å²) < 4.78 is 32.9. The largest absolute Gasteiger partial charge is 0.454 e. The van der Waals surface area contributed by atoms with E-state index in [0.717, 1.165) is 11.5 Å². The molecular formula is C16H10F2N2O. The van der Waals surface area contributed by atoms with Crippen molar-refractivity contribution < 1.29 is 13.5 Å². The van der Waals surface area contributed by atoms with Crippen molar-refractivity contribution in [3.05, 3.63) is 59.3 Å². The summed E-state index contributed by atoms with van der Waals surface area (Å²) >= 11 is 0. The number of nitrogens with zero attached hydrogens (tertiary/aromatic N) is 1. The molecule has 0 aliphatic heterocycles. The number of rotatable bonds is 2. The molecule has 0 saturated carbocycles. The second kappa shape index (κ2) is 4.91. The van der Waals surface area contributed by atoms with Gasteiger partial charge < -0.3 is 9.72 Å². The maximum atomic E-state index is 14.1. The number of aryl methyl sites for hydroxylation is 1. The Balaban J connectivity index is 2.08. The fourth-order valence-corrected chi connectivity index (χ4v) is 2.22. The first-order valence-corrected chi connectivity index (χ1v) is 6.24. The summed E-state index contributed by atoms with van der Waals surface area (Å²) in [6, 6.07) is 8.61. The number of halogens is 2. The van der Waals surface area contributed by atoms with Gasteiger partial charge in [0.15, 0.2) is 11.6 Å². The van der Waals surface area contributed by atoms with Gasteiger partial charge in [-0.1, -0.05) is 0 Å². The Bertz CT molecular complexity index is 878. The standard InChI is InChI=1S/C16H10F2N2O/c1-9-12-4-5-20-15(12)7-14(18)16(9)21-11-2-3-13(17)10(6-11)8-19/h2-7,20H,1H3. The highest BCUT2D eigenvalue weighted by Crippen LogP contribution is 2.33. The van der Waals surface area contributed by atoms with Crippen LogP contribution in [0.25, 0.3) is 10.9 Å². The predicted molar refractivity (Wildman–Crippen MR) is 74.2 cm³/mol. The van der Waals surface area contributed by atoms with Crippen LogP contribution in [0.3, 0.4) is 0 Å². The molecule has 21 heavy (non-hydrogen) atoms. The fraction of sp³-hybridized carbons (Fsp3) is 0.0625. The third-order valence-corrected chi connectivity index (χ3v) is 3.29. The van der Waals surface area contributed by atoms with Crippen molar-refractivity contribution in [2.24, 2.45) is 0 Å². The van der Waals surface area contributed by atoms with Crippen molar-refractivity contribution >= 4 is 10.9 Å². The second-order valence-corrected chi connectivity index (χ2v) is 4.61. The van der Waals surface area contributed by atoms with Gasteiger partial charge in [-0.05, 0) is 25.1 Å². The Morgan fingerprint density at radius 3 is 2.71 bits per heavy atom. The van der Waals surface area contributed by atoms with Crippen LogP contribution in [-0.4, -0.2) is 4.98 Å². The number of nitriles is 1. The summed E-state index contributed by atoms with van der Waals surface area (Å²) in [6.45, 7) is 1.74. The number of hydrogen-bond donors (Lipinski definition) is 1. The van der Waals surface area contributed by atoms with Crippen LogP contribution in [0.1, 0.15) is 11.1 Å². The molecule has 1 aromatic heterocycles. The number of H-pyrrole nitrogens is 1. The minimum Gasteiger partial charge on any atom is -0.454 e. The smallest absolute Gasteiger partial charge is 0.168 e. The predicted octanol–water partition coefficient (Wildman–Crippen LogP) is 4.42. The number of benzene rings is 2. The molecule has 3 aromatic rings. The van der Waals surface area contributed by atoms with Gasteiger partial charge in [0.25, 0.3) is 0 Å². The lowest BCUT2D eigenvalue weighted by atomic mass is 10.1. The van der Waals surface area contributed by atoms with Gasteiger partial charge in [0.1, 0.15) is 17.6 Å².